The Morgan fingerprint density at radius 3 is 1.23 bits per heavy atom. The Balaban J connectivity index is 1.51. The standard InChI is InChI=1S/C68H127NO13/c1-3-5-7-9-11-13-14-15-16-17-18-19-20-21-22-23-24-25-26-27-28-29-30-31-32-33-34-35-36-37-38-39-40-41-42-44-46-48-50-52-60(73)69-56(57(72)51-49-47-45-43-12-10-8-6-4-2)55-79-67-65(78)63(76)66(59(54-71)81-67)82-68-64(77)62(75)61(74)58(53-70)80-68/h14-15,17-18,20-21,56-59,61-68,70-72,74-78H,3-13,16,19,22-55H2,1-2H3,(H,69,73)/b15-14-,18-17-,21-20-. The lowest BCUT2D eigenvalue weighted by molar-refractivity contribution is -0.359. The SMILES string of the molecule is CCCCCCC/C=C\C/C=C\C/C=C\CCCCCCCCCCCCCCCCCCCCCCCCCCC(=O)NC(COC1OC(CO)C(OC2OC(CO)C(O)C(O)C2O)C(O)C1O)C(O)CCCCCCCCCCC. The molecule has 2 aliphatic rings. The zero-order valence-electron chi connectivity index (χ0n) is 52.2. The molecule has 1 amide bonds. The predicted molar refractivity (Wildman–Crippen MR) is 332 cm³/mol. The van der Waals surface area contributed by atoms with Crippen molar-refractivity contribution < 1.29 is 64.6 Å². The second-order valence-corrected chi connectivity index (χ2v) is 24.3. The third-order valence-corrected chi connectivity index (χ3v) is 16.9. The van der Waals surface area contributed by atoms with Crippen LogP contribution >= 0.6 is 0 Å². The molecule has 2 heterocycles. The van der Waals surface area contributed by atoms with E-state index in [2.05, 4.69) is 55.6 Å². The summed E-state index contributed by atoms with van der Waals surface area (Å²) in [5.41, 5.74) is 0. The molecule has 14 heteroatoms. The molecule has 0 aliphatic carbocycles. The summed E-state index contributed by atoms with van der Waals surface area (Å²) in [6.45, 7) is 2.84. The molecular formula is C68H127NO13. The molecule has 0 aromatic rings. The molecule has 0 aromatic carbocycles. The normalized spacial score (nSPS) is 24.1. The van der Waals surface area contributed by atoms with Gasteiger partial charge in [0.2, 0.25) is 5.91 Å². The number of unbranched alkanes of at least 4 members (excludes halogenated alkanes) is 37. The number of carbonyl (C=O) groups excluding carboxylic acids is 1. The van der Waals surface area contributed by atoms with Gasteiger partial charge in [-0.15, -0.1) is 0 Å². The summed E-state index contributed by atoms with van der Waals surface area (Å²) in [5, 5.41) is 87.1. The van der Waals surface area contributed by atoms with Gasteiger partial charge in [0.25, 0.3) is 0 Å². The third-order valence-electron chi connectivity index (χ3n) is 16.9. The van der Waals surface area contributed by atoms with Crippen LogP contribution in [-0.2, 0) is 23.7 Å². The number of rotatable bonds is 56. The number of hydrogen-bond donors (Lipinski definition) is 9. The molecule has 2 rings (SSSR count). The Bertz CT molecular complexity index is 1510. The van der Waals surface area contributed by atoms with E-state index >= 15 is 0 Å². The lowest BCUT2D eigenvalue weighted by Crippen LogP contribution is -2.65. The first-order chi connectivity index (χ1) is 40.1. The summed E-state index contributed by atoms with van der Waals surface area (Å²) in [4.78, 5) is 13.3. The summed E-state index contributed by atoms with van der Waals surface area (Å²) < 4.78 is 22.8. The van der Waals surface area contributed by atoms with Crippen molar-refractivity contribution in [1.29, 1.82) is 0 Å². The Morgan fingerprint density at radius 2 is 0.805 bits per heavy atom. The molecule has 14 nitrogen and oxygen atoms in total. The average molecular weight is 1170 g/mol. The van der Waals surface area contributed by atoms with Gasteiger partial charge in [-0.05, 0) is 51.4 Å². The maximum atomic E-state index is 13.3. The fourth-order valence-corrected chi connectivity index (χ4v) is 11.4. The summed E-state index contributed by atoms with van der Waals surface area (Å²) in [7, 11) is 0. The number of allylic oxidation sites excluding steroid dienone is 6. The van der Waals surface area contributed by atoms with Crippen LogP contribution in [0.5, 0.6) is 0 Å². The topological polar surface area (TPSA) is 228 Å². The maximum absolute atomic E-state index is 13.3. The van der Waals surface area contributed by atoms with Gasteiger partial charge in [0, 0.05) is 6.42 Å². The van der Waals surface area contributed by atoms with E-state index in [-0.39, 0.29) is 12.5 Å². The third kappa shape index (κ3) is 37.7. The van der Waals surface area contributed by atoms with Gasteiger partial charge >= 0.3 is 0 Å². The number of carbonyl (C=O) groups is 1. The second kappa shape index (κ2) is 53.4. The van der Waals surface area contributed by atoms with Crippen molar-refractivity contribution in [3.8, 4) is 0 Å². The fraction of sp³-hybridized carbons (Fsp3) is 0.897. The number of amides is 1. The molecule has 12 unspecified atom stereocenters. The largest absolute Gasteiger partial charge is 0.394 e. The van der Waals surface area contributed by atoms with Crippen LogP contribution in [0.3, 0.4) is 0 Å². The second-order valence-electron chi connectivity index (χ2n) is 24.3. The number of aliphatic hydroxyl groups is 8. The van der Waals surface area contributed by atoms with Gasteiger partial charge in [0.1, 0.15) is 48.8 Å². The summed E-state index contributed by atoms with van der Waals surface area (Å²) in [6, 6.07) is -0.824. The van der Waals surface area contributed by atoms with Crippen LogP contribution in [0.15, 0.2) is 36.5 Å². The van der Waals surface area contributed by atoms with Crippen molar-refractivity contribution in [1.82, 2.24) is 5.32 Å². The molecule has 9 N–H and O–H groups in total. The van der Waals surface area contributed by atoms with Gasteiger partial charge < -0.3 is 65.1 Å². The van der Waals surface area contributed by atoms with Gasteiger partial charge in [-0.1, -0.05) is 275 Å². The van der Waals surface area contributed by atoms with Gasteiger partial charge in [0.15, 0.2) is 12.6 Å². The van der Waals surface area contributed by atoms with Gasteiger partial charge in [-0.3, -0.25) is 4.79 Å². The number of aliphatic hydroxyl groups excluding tert-OH is 8. The monoisotopic (exact) mass is 1170 g/mol. The quantitative estimate of drug-likeness (QED) is 0.0204. The molecular weight excluding hydrogens is 1040 g/mol. The van der Waals surface area contributed by atoms with E-state index in [9.17, 15) is 45.6 Å². The van der Waals surface area contributed by atoms with Crippen molar-refractivity contribution in [3.63, 3.8) is 0 Å². The molecule has 0 saturated carbocycles. The Labute approximate surface area is 500 Å². The van der Waals surface area contributed by atoms with Gasteiger partial charge in [-0.2, -0.15) is 0 Å². The lowest BCUT2D eigenvalue weighted by Gasteiger charge is -2.46. The minimum atomic E-state index is -1.78. The highest BCUT2D eigenvalue weighted by Gasteiger charge is 2.51. The highest BCUT2D eigenvalue weighted by molar-refractivity contribution is 5.76. The number of nitrogens with one attached hydrogen (secondary N) is 1. The van der Waals surface area contributed by atoms with Gasteiger partial charge in [-0.25, -0.2) is 0 Å². The van der Waals surface area contributed by atoms with Crippen molar-refractivity contribution in [2.75, 3.05) is 19.8 Å². The van der Waals surface area contributed by atoms with E-state index in [4.69, 9.17) is 18.9 Å². The maximum Gasteiger partial charge on any atom is 0.220 e. The van der Waals surface area contributed by atoms with E-state index in [1.54, 1.807) is 0 Å². The first-order valence-corrected chi connectivity index (χ1v) is 34.2. The van der Waals surface area contributed by atoms with E-state index < -0.39 is 86.8 Å². The van der Waals surface area contributed by atoms with Gasteiger partial charge in [0.05, 0.1) is 32.0 Å². The smallest absolute Gasteiger partial charge is 0.220 e. The van der Waals surface area contributed by atoms with Crippen LogP contribution in [0.4, 0.5) is 0 Å². The van der Waals surface area contributed by atoms with Crippen LogP contribution in [0.1, 0.15) is 296 Å². The molecule has 12 atom stereocenters. The van der Waals surface area contributed by atoms with E-state index in [1.165, 1.54) is 205 Å². The lowest BCUT2D eigenvalue weighted by atomic mass is 9.97. The number of ether oxygens (including phenoxy) is 4. The molecule has 482 valence electrons. The summed E-state index contributed by atoms with van der Waals surface area (Å²) in [6.07, 6.45) is 50.7. The van der Waals surface area contributed by atoms with E-state index in [0.717, 1.165) is 64.2 Å². The minimum absolute atomic E-state index is 0.204. The summed E-state index contributed by atoms with van der Waals surface area (Å²) >= 11 is 0. The van der Waals surface area contributed by atoms with Crippen LogP contribution in [0, 0.1) is 0 Å². The number of hydrogen-bond acceptors (Lipinski definition) is 13. The Hall–Kier alpha value is -1.79. The fourth-order valence-electron chi connectivity index (χ4n) is 11.4. The van der Waals surface area contributed by atoms with Crippen LogP contribution < -0.4 is 5.32 Å². The molecule has 82 heavy (non-hydrogen) atoms. The van der Waals surface area contributed by atoms with Crippen LogP contribution in [-0.4, -0.2) is 140 Å². The van der Waals surface area contributed by atoms with Crippen molar-refractivity contribution in [2.45, 2.75) is 370 Å². The highest BCUT2D eigenvalue weighted by atomic mass is 16.7. The van der Waals surface area contributed by atoms with E-state index in [0.29, 0.717) is 12.8 Å². The Morgan fingerprint density at radius 1 is 0.439 bits per heavy atom. The highest BCUT2D eigenvalue weighted by Crippen LogP contribution is 2.30. The zero-order valence-corrected chi connectivity index (χ0v) is 52.2. The molecule has 0 radical (unpaired) electrons. The van der Waals surface area contributed by atoms with E-state index in [1.807, 2.05) is 0 Å². The average Bonchev–Trinajstić information content (AvgIpc) is 3.38. The minimum Gasteiger partial charge on any atom is -0.394 e. The van der Waals surface area contributed by atoms with Crippen LogP contribution in [0.2, 0.25) is 0 Å². The molecule has 2 aliphatic heterocycles. The molecule has 2 fully saturated rings. The Kier molecular flexibility index (Phi) is 49.7. The molecule has 2 saturated heterocycles. The first-order valence-electron chi connectivity index (χ1n) is 34.2. The molecule has 0 aromatic heterocycles. The van der Waals surface area contributed by atoms with Crippen molar-refractivity contribution in [2.24, 2.45) is 0 Å². The van der Waals surface area contributed by atoms with Crippen molar-refractivity contribution in [3.05, 3.63) is 36.5 Å². The first kappa shape index (κ1) is 76.3. The molecule has 0 spiro atoms. The summed E-state index contributed by atoms with van der Waals surface area (Å²) in [5.74, 6) is -0.204. The predicted octanol–water partition coefficient (Wildman–Crippen LogP) is 13.3. The van der Waals surface area contributed by atoms with Crippen LogP contribution in [0.25, 0.3) is 0 Å². The molecule has 0 bridgehead atoms. The van der Waals surface area contributed by atoms with Crippen molar-refractivity contribution >= 4 is 5.91 Å². The zero-order chi connectivity index (χ0) is 59.5.